The zero-order chi connectivity index (χ0) is 58.9. The zero-order valence-electron chi connectivity index (χ0n) is 46.5. The van der Waals surface area contributed by atoms with E-state index in [2.05, 4.69) is 77.8 Å². The fourth-order valence-electron chi connectivity index (χ4n) is 11.9. The Kier molecular flexibility index (Phi) is 16.4. The quantitative estimate of drug-likeness (QED) is 0.0306. The van der Waals surface area contributed by atoms with Crippen LogP contribution < -0.4 is 25.0 Å². The Morgan fingerprint density at radius 2 is 1.70 bits per heavy atom. The predicted octanol–water partition coefficient (Wildman–Crippen LogP) is 8.79. The van der Waals surface area contributed by atoms with E-state index in [1.54, 1.807) is 36.5 Å². The van der Waals surface area contributed by atoms with Crippen molar-refractivity contribution in [3.05, 3.63) is 152 Å². The molecule has 0 radical (unpaired) electrons. The maximum Gasteiger partial charge on any atom is 0.293 e. The molecule has 84 heavy (non-hydrogen) atoms. The van der Waals surface area contributed by atoms with Crippen molar-refractivity contribution in [2.75, 3.05) is 69.1 Å². The number of ether oxygens (including phenoxy) is 1. The number of anilines is 2. The van der Waals surface area contributed by atoms with Crippen molar-refractivity contribution in [3.8, 4) is 23.3 Å². The second kappa shape index (κ2) is 24.0. The van der Waals surface area contributed by atoms with E-state index in [1.807, 2.05) is 18.2 Å². The van der Waals surface area contributed by atoms with Crippen molar-refractivity contribution in [1.29, 1.82) is 0 Å². The summed E-state index contributed by atoms with van der Waals surface area (Å²) in [7, 11) is -4.66. The van der Waals surface area contributed by atoms with Crippen LogP contribution in [0.4, 0.5) is 17.1 Å². The van der Waals surface area contributed by atoms with Gasteiger partial charge in [0.05, 0.1) is 32.7 Å². The smallest absolute Gasteiger partial charge is 0.293 e. The third-order valence-corrected chi connectivity index (χ3v) is 18.0. The number of pyridine rings is 1. The number of aromatic amines is 1. The molecule has 2 atom stereocenters. The first-order chi connectivity index (χ1) is 40.3. The summed E-state index contributed by atoms with van der Waals surface area (Å²) in [5, 5.41) is 19.4. The number of nitro groups is 1. The van der Waals surface area contributed by atoms with E-state index >= 15 is 0 Å². The van der Waals surface area contributed by atoms with E-state index in [1.165, 1.54) is 47.2 Å². The van der Waals surface area contributed by atoms with E-state index in [-0.39, 0.29) is 52.3 Å². The van der Waals surface area contributed by atoms with E-state index in [0.717, 1.165) is 80.3 Å². The number of allylic oxidation sites excluding steroid dienone is 1. The molecule has 3 saturated heterocycles. The van der Waals surface area contributed by atoms with Crippen molar-refractivity contribution in [2.45, 2.75) is 76.2 Å². The standard InChI is InChI=1S/C62H63ClN10O10S/c1-62(2)22-20-43(51(34-62)41-9-11-44(63)12-10-41)38-70-26-28-71(29-27-70)45-13-16-49(55(32-45)83-46-31-42-21-23-64-57(42)66-36-46)58(75)68-84(81,82)47-14-17-52(54(33-47)73(79)80)65-35-40-7-5-25-69(37-40)24-4-3-6-39-8-15-48-50(30-39)61(78)72(60(48)77)53-18-19-56(74)67-59(53)76/h8-17,21,23,30-33,36,40,53,65H,4-5,7,18-20,22,24-29,34-35,37-38H2,1-2H3,(H,64,66)(H,68,75)(H,67,74,76). The number of amides is 5. The summed E-state index contributed by atoms with van der Waals surface area (Å²) < 4.78 is 36.5. The Balaban J connectivity index is 0.718. The number of piperidine rings is 2. The van der Waals surface area contributed by atoms with Gasteiger partial charge >= 0.3 is 0 Å². The van der Waals surface area contributed by atoms with Crippen LogP contribution in [0.15, 0.2) is 114 Å². The lowest BCUT2D eigenvalue weighted by Gasteiger charge is -2.39. The molecule has 2 aromatic heterocycles. The number of halogens is 1. The number of nitrogens with one attached hydrogen (secondary N) is 4. The molecule has 1 aliphatic carbocycles. The number of fused-ring (bicyclic) bond motifs is 2. The van der Waals surface area contributed by atoms with Gasteiger partial charge < -0.3 is 24.8 Å². The van der Waals surface area contributed by atoms with Gasteiger partial charge in [-0.15, -0.1) is 0 Å². The number of carbonyl (C=O) groups excluding carboxylic acids is 5. The van der Waals surface area contributed by atoms with Crippen LogP contribution in [0.2, 0.25) is 5.02 Å². The van der Waals surface area contributed by atoms with Crippen molar-refractivity contribution < 1.29 is 42.1 Å². The van der Waals surface area contributed by atoms with Gasteiger partial charge in [-0.1, -0.05) is 55.0 Å². The van der Waals surface area contributed by atoms with E-state index in [0.29, 0.717) is 61.1 Å². The van der Waals surface area contributed by atoms with Crippen LogP contribution in [0.5, 0.6) is 11.5 Å². The first kappa shape index (κ1) is 57.4. The number of nitrogens with zero attached hydrogens (tertiary/aromatic N) is 6. The van der Waals surface area contributed by atoms with Crippen molar-refractivity contribution in [1.82, 2.24) is 34.7 Å². The normalized spacial score (nSPS) is 19.4. The maximum atomic E-state index is 14.2. The van der Waals surface area contributed by atoms with Crippen LogP contribution in [0.1, 0.15) is 107 Å². The van der Waals surface area contributed by atoms with Gasteiger partial charge in [-0.3, -0.25) is 49.2 Å². The Morgan fingerprint density at radius 1 is 0.905 bits per heavy atom. The number of nitro benzene ring substituents is 1. The first-order valence-corrected chi connectivity index (χ1v) is 30.1. The van der Waals surface area contributed by atoms with E-state index in [9.17, 15) is 42.5 Å². The van der Waals surface area contributed by atoms with Crippen LogP contribution in [0, 0.1) is 33.3 Å². The van der Waals surface area contributed by atoms with E-state index in [4.69, 9.17) is 16.3 Å². The molecular formula is C62H63ClN10O10S. The summed E-state index contributed by atoms with van der Waals surface area (Å²) in [6, 6.07) is 23.9. The Morgan fingerprint density at radius 3 is 2.49 bits per heavy atom. The summed E-state index contributed by atoms with van der Waals surface area (Å²) in [5.41, 5.74) is 6.11. The van der Waals surface area contributed by atoms with Crippen molar-refractivity contribution in [2.24, 2.45) is 11.3 Å². The lowest BCUT2D eigenvalue weighted by Crippen LogP contribution is -2.54. The SMILES string of the molecule is CC1(C)CCC(CN2CCN(c3ccc(C(=O)NS(=O)(=O)c4ccc(NCC5CCCN(CCC#Cc6ccc7c(c6)C(=O)N(C6CCC(=O)NC6=O)C7=O)C5)c([N+](=O)[O-])c4)c(Oc4cnc5[nH]ccc5c4)c3)CC2)=C(c2ccc(Cl)cc2)C1. The minimum atomic E-state index is -4.66. The highest BCUT2D eigenvalue weighted by Gasteiger charge is 2.45. The molecule has 4 aliphatic heterocycles. The van der Waals surface area contributed by atoms with E-state index < -0.39 is 61.1 Å². The zero-order valence-corrected chi connectivity index (χ0v) is 48.1. The summed E-state index contributed by atoms with van der Waals surface area (Å²) >= 11 is 6.27. The fourth-order valence-corrected chi connectivity index (χ4v) is 13.0. The van der Waals surface area contributed by atoms with Crippen molar-refractivity contribution in [3.63, 3.8) is 0 Å². The molecule has 3 fully saturated rings. The average molecular weight is 1180 g/mol. The van der Waals surface area contributed by atoms with Gasteiger partial charge in [-0.2, -0.15) is 0 Å². The molecule has 6 heterocycles. The number of rotatable bonds is 16. The number of hydrogen-bond acceptors (Lipinski definition) is 15. The molecule has 20 nitrogen and oxygen atoms in total. The lowest BCUT2D eigenvalue weighted by molar-refractivity contribution is -0.384. The minimum absolute atomic E-state index is 0.0278. The van der Waals surface area contributed by atoms with Crippen LogP contribution in [-0.4, -0.2) is 132 Å². The second-order valence-corrected chi connectivity index (χ2v) is 25.0. The third-order valence-electron chi connectivity index (χ3n) is 16.5. The molecule has 434 valence electrons. The minimum Gasteiger partial charge on any atom is -0.455 e. The molecule has 5 amide bonds. The lowest BCUT2D eigenvalue weighted by atomic mass is 9.72. The number of sulfonamides is 1. The van der Waals surface area contributed by atoms with Crippen LogP contribution in [0.3, 0.4) is 0 Å². The average Bonchev–Trinajstić information content (AvgIpc) is 3.86. The number of aromatic nitrogens is 2. The molecule has 11 rings (SSSR count). The molecule has 4 aromatic carbocycles. The topological polar surface area (TPSA) is 250 Å². The first-order valence-electron chi connectivity index (χ1n) is 28.2. The number of benzene rings is 4. The van der Waals surface area contributed by atoms with Gasteiger partial charge in [0.1, 0.15) is 28.9 Å². The highest BCUT2D eigenvalue weighted by atomic mass is 35.5. The third kappa shape index (κ3) is 12.7. The van der Waals surface area contributed by atoms with Crippen LogP contribution in [-0.2, 0) is 19.6 Å². The Hall–Kier alpha value is -8.42. The van der Waals surface area contributed by atoms with Gasteiger partial charge in [0, 0.05) is 105 Å². The number of H-pyrrole nitrogens is 1. The molecule has 4 N–H and O–H groups in total. The van der Waals surface area contributed by atoms with Crippen LogP contribution >= 0.6 is 11.6 Å². The Labute approximate surface area is 491 Å². The highest BCUT2D eigenvalue weighted by Crippen LogP contribution is 2.44. The van der Waals surface area contributed by atoms with Crippen molar-refractivity contribution >= 4 is 84.8 Å². The Bertz CT molecular complexity index is 3840. The van der Waals surface area contributed by atoms with Gasteiger partial charge in [0.2, 0.25) is 11.8 Å². The molecule has 2 unspecified atom stereocenters. The van der Waals surface area contributed by atoms with Gasteiger partial charge in [-0.25, -0.2) is 18.1 Å². The number of hydrogen-bond donors (Lipinski definition) is 4. The number of imide groups is 2. The summed E-state index contributed by atoms with van der Waals surface area (Å²) in [6.45, 7) is 11.0. The van der Waals surface area contributed by atoms with Crippen LogP contribution in [0.25, 0.3) is 16.6 Å². The maximum absolute atomic E-state index is 14.2. The second-order valence-electron chi connectivity index (χ2n) is 22.9. The van der Waals surface area contributed by atoms with Gasteiger partial charge in [0.25, 0.3) is 33.4 Å². The number of likely N-dealkylation sites (tertiary alicyclic amines) is 1. The number of carbonyl (C=O) groups is 5. The molecule has 0 saturated carbocycles. The molecule has 0 bridgehead atoms. The van der Waals surface area contributed by atoms with Gasteiger partial charge in [-0.05, 0) is 134 Å². The monoisotopic (exact) mass is 1170 g/mol. The largest absolute Gasteiger partial charge is 0.455 e. The molecular weight excluding hydrogens is 1110 g/mol. The molecule has 22 heteroatoms. The summed E-state index contributed by atoms with van der Waals surface area (Å²) in [4.78, 5) is 91.4. The number of piperazine rings is 1. The summed E-state index contributed by atoms with van der Waals surface area (Å²) in [5.74, 6) is 3.43. The molecule has 6 aromatic rings. The fraction of sp³-hybridized carbons (Fsp3) is 0.355. The highest BCUT2D eigenvalue weighted by molar-refractivity contribution is 7.90. The molecule has 5 aliphatic rings. The predicted molar refractivity (Wildman–Crippen MR) is 317 cm³/mol. The molecule has 0 spiro atoms. The van der Waals surface area contributed by atoms with Gasteiger partial charge in [0.15, 0.2) is 0 Å². The summed E-state index contributed by atoms with van der Waals surface area (Å²) in [6.07, 6.45) is 8.70.